The van der Waals surface area contributed by atoms with Gasteiger partial charge in [0.15, 0.2) is 0 Å². The van der Waals surface area contributed by atoms with Gasteiger partial charge in [-0.1, -0.05) is 111 Å². The topological polar surface area (TPSA) is 44.8 Å². The van der Waals surface area contributed by atoms with Crippen LogP contribution in [0.25, 0.3) is 17.3 Å². The largest absolute Gasteiger partial charge is 1.00 e. The van der Waals surface area contributed by atoms with Gasteiger partial charge in [-0.15, -0.1) is 0 Å². The molecule has 0 spiro atoms. The minimum atomic E-state index is -4.18. The molecule has 0 unspecified atom stereocenters. The van der Waals surface area contributed by atoms with E-state index in [0.29, 0.717) is 16.7 Å². The van der Waals surface area contributed by atoms with E-state index in [1.807, 2.05) is 54.6 Å². The van der Waals surface area contributed by atoms with Crippen LogP contribution in [0.1, 0.15) is 16.7 Å². The van der Waals surface area contributed by atoms with Crippen LogP contribution in [0, 0.1) is 0 Å². The van der Waals surface area contributed by atoms with Crippen LogP contribution in [0.4, 0.5) is 0 Å². The average molecular weight is 450 g/mol. The monoisotopic (exact) mass is 450 g/mol. The molecule has 0 N–H and O–H groups in total. The number of rotatable bonds is 9. The van der Waals surface area contributed by atoms with Crippen molar-refractivity contribution in [2.75, 3.05) is 0 Å². The standard InChI is InChI=1S/C24H21O4P.2Na/c1-19(22-13-7-4-8-14-22)26-29(25,27-20(2)23-15-9-5-10-16-23)28-21(3)24-17-11-6-12-18-24;;/h4-18H,1-3H2;;/q;2*+1. The van der Waals surface area contributed by atoms with Crippen molar-refractivity contribution in [2.45, 2.75) is 0 Å². The molecule has 3 rings (SSSR count). The SMILES string of the molecule is C=C(OP(=O)(OC(=C)c1ccccc1)OC(=C)c1ccccc1)c1ccccc1.[Na+].[Na+]. The van der Waals surface area contributed by atoms with Crippen LogP contribution in [0.15, 0.2) is 111 Å². The molecule has 3 aromatic carbocycles. The van der Waals surface area contributed by atoms with E-state index in [2.05, 4.69) is 19.7 Å². The fourth-order valence-electron chi connectivity index (χ4n) is 2.49. The van der Waals surface area contributed by atoms with E-state index >= 15 is 0 Å². The number of phosphoric ester groups is 1. The van der Waals surface area contributed by atoms with Gasteiger partial charge < -0.3 is 13.6 Å². The van der Waals surface area contributed by atoms with Crippen molar-refractivity contribution in [3.63, 3.8) is 0 Å². The molecule has 0 heterocycles. The van der Waals surface area contributed by atoms with Gasteiger partial charge in [0.05, 0.1) is 0 Å². The Morgan fingerprint density at radius 2 is 0.742 bits per heavy atom. The third-order valence-electron chi connectivity index (χ3n) is 3.95. The molecule has 3 aromatic rings. The van der Waals surface area contributed by atoms with Crippen LogP contribution >= 0.6 is 7.82 Å². The Bertz CT molecular complexity index is 918. The molecule has 0 aliphatic rings. The summed E-state index contributed by atoms with van der Waals surface area (Å²) >= 11 is 0. The van der Waals surface area contributed by atoms with Gasteiger partial charge >= 0.3 is 66.9 Å². The molecule has 0 saturated carbocycles. The summed E-state index contributed by atoms with van der Waals surface area (Å²) in [6.45, 7) is 11.6. The zero-order valence-electron chi connectivity index (χ0n) is 17.9. The summed E-state index contributed by atoms with van der Waals surface area (Å²) in [5, 5.41) is 0. The Kier molecular flexibility index (Phi) is 11.7. The van der Waals surface area contributed by atoms with Gasteiger partial charge in [-0.25, -0.2) is 0 Å². The molecule has 7 heteroatoms. The minimum Gasteiger partial charge on any atom is -0.386 e. The Morgan fingerprint density at radius 3 is 0.968 bits per heavy atom. The van der Waals surface area contributed by atoms with Crippen molar-refractivity contribution < 1.29 is 77.3 Å². The Morgan fingerprint density at radius 1 is 0.516 bits per heavy atom. The number of hydrogen-bond donors (Lipinski definition) is 0. The fraction of sp³-hybridized carbons (Fsp3) is 0. The van der Waals surface area contributed by atoms with E-state index in [4.69, 9.17) is 13.6 Å². The maximum absolute atomic E-state index is 13.5. The summed E-state index contributed by atoms with van der Waals surface area (Å²) in [4.78, 5) is 0. The molecule has 0 radical (unpaired) electrons. The van der Waals surface area contributed by atoms with Crippen LogP contribution in [-0.2, 0) is 18.1 Å². The van der Waals surface area contributed by atoms with Crippen LogP contribution in [0.3, 0.4) is 0 Å². The molecule has 0 fully saturated rings. The summed E-state index contributed by atoms with van der Waals surface area (Å²) in [7, 11) is -4.18. The van der Waals surface area contributed by atoms with Crippen LogP contribution < -0.4 is 59.1 Å². The predicted octanol–water partition coefficient (Wildman–Crippen LogP) is 1.17. The number of benzene rings is 3. The number of phosphoric acid groups is 1. The van der Waals surface area contributed by atoms with Gasteiger partial charge in [0.2, 0.25) is 0 Å². The third-order valence-corrected chi connectivity index (χ3v) is 5.29. The van der Waals surface area contributed by atoms with Crippen LogP contribution in [0.5, 0.6) is 0 Å². The van der Waals surface area contributed by atoms with Crippen molar-refractivity contribution in [3.8, 4) is 0 Å². The van der Waals surface area contributed by atoms with Crippen LogP contribution in [-0.4, -0.2) is 0 Å². The van der Waals surface area contributed by atoms with E-state index in [1.54, 1.807) is 36.4 Å². The van der Waals surface area contributed by atoms with Crippen molar-refractivity contribution in [1.82, 2.24) is 0 Å². The molecule has 0 saturated heterocycles. The summed E-state index contributed by atoms with van der Waals surface area (Å²) in [5.74, 6) is 0.446. The van der Waals surface area contributed by atoms with E-state index in [-0.39, 0.29) is 76.4 Å². The molecule has 31 heavy (non-hydrogen) atoms. The fourth-order valence-corrected chi connectivity index (χ4v) is 3.73. The Balaban J connectivity index is 0.00000240. The summed E-state index contributed by atoms with van der Waals surface area (Å²) in [6, 6.07) is 27.2. The molecular weight excluding hydrogens is 429 g/mol. The van der Waals surface area contributed by atoms with Gasteiger partial charge in [-0.2, -0.15) is 4.57 Å². The molecule has 146 valence electrons. The molecule has 0 bridgehead atoms. The first-order valence-corrected chi connectivity index (χ1v) is 10.3. The molecule has 0 aromatic heterocycles. The van der Waals surface area contributed by atoms with E-state index in [0.717, 1.165) is 0 Å². The van der Waals surface area contributed by atoms with Gasteiger partial charge in [0.1, 0.15) is 17.3 Å². The molecule has 4 nitrogen and oxygen atoms in total. The van der Waals surface area contributed by atoms with Gasteiger partial charge in [-0.05, 0) is 0 Å². The van der Waals surface area contributed by atoms with Crippen molar-refractivity contribution in [2.24, 2.45) is 0 Å². The maximum Gasteiger partial charge on any atom is 1.00 e. The second kappa shape index (κ2) is 13.1. The van der Waals surface area contributed by atoms with E-state index in [1.165, 1.54) is 0 Å². The molecule has 0 aliphatic carbocycles. The quantitative estimate of drug-likeness (QED) is 0.279. The second-order valence-electron chi connectivity index (χ2n) is 6.09. The van der Waals surface area contributed by atoms with Gasteiger partial charge in [-0.3, -0.25) is 0 Å². The number of hydrogen-bond acceptors (Lipinski definition) is 4. The Labute approximate surface area is 227 Å². The first kappa shape index (κ1) is 27.5. The molecular formula is C24H21Na2O4P+2. The third kappa shape index (κ3) is 8.17. The zero-order valence-corrected chi connectivity index (χ0v) is 22.8. The van der Waals surface area contributed by atoms with Crippen molar-refractivity contribution in [3.05, 3.63) is 127 Å². The molecule has 0 aliphatic heterocycles. The van der Waals surface area contributed by atoms with E-state index < -0.39 is 7.82 Å². The first-order chi connectivity index (χ1) is 14.0. The molecule has 0 amide bonds. The van der Waals surface area contributed by atoms with Crippen molar-refractivity contribution >= 4 is 25.1 Å². The van der Waals surface area contributed by atoms with Gasteiger partial charge in [0.25, 0.3) is 0 Å². The summed E-state index contributed by atoms with van der Waals surface area (Å²) in [6.07, 6.45) is 0. The normalized spacial score (nSPS) is 9.94. The van der Waals surface area contributed by atoms with Crippen LogP contribution in [0.2, 0.25) is 0 Å². The van der Waals surface area contributed by atoms with Gasteiger partial charge in [0, 0.05) is 16.7 Å². The zero-order chi connectivity index (χ0) is 20.7. The smallest absolute Gasteiger partial charge is 0.386 e. The Hall–Kier alpha value is -1.49. The minimum absolute atomic E-state index is 0. The predicted molar refractivity (Wildman–Crippen MR) is 117 cm³/mol. The second-order valence-corrected chi connectivity index (χ2v) is 7.53. The average Bonchev–Trinajstić information content (AvgIpc) is 2.75. The van der Waals surface area contributed by atoms with E-state index in [9.17, 15) is 4.57 Å². The molecule has 0 atom stereocenters. The summed E-state index contributed by atoms with van der Waals surface area (Å²) in [5.41, 5.74) is 1.95. The van der Waals surface area contributed by atoms with Crippen molar-refractivity contribution in [1.29, 1.82) is 0 Å². The maximum atomic E-state index is 13.5. The first-order valence-electron chi connectivity index (χ1n) is 8.89. The summed E-state index contributed by atoms with van der Waals surface area (Å²) < 4.78 is 30.3.